The quantitative estimate of drug-likeness (QED) is 0.175. The first-order valence-corrected chi connectivity index (χ1v) is 17.5. The molecular weight excluding hydrogens is 619 g/mol. The van der Waals surface area contributed by atoms with E-state index in [1.165, 1.54) is 44.0 Å². The van der Waals surface area contributed by atoms with Crippen molar-refractivity contribution >= 4 is 38.8 Å². The SMILES string of the molecule is C=Cc1c(-c2ccccc2C)ccc2c3ccccc3n(-c3cc(-c4ccccc4)cc(-n4c(C)c(-c5ccccc5C)c5ccccc54)n3)c12. The summed E-state index contributed by atoms with van der Waals surface area (Å²) in [6.45, 7) is 11.0. The number of rotatable bonds is 6. The van der Waals surface area contributed by atoms with Crippen LogP contribution in [0, 0.1) is 20.8 Å². The molecule has 0 aliphatic heterocycles. The Balaban J connectivity index is 1.40. The highest BCUT2D eigenvalue weighted by molar-refractivity contribution is 6.13. The first-order chi connectivity index (χ1) is 25.0. The molecule has 0 amide bonds. The van der Waals surface area contributed by atoms with Crippen LogP contribution >= 0.6 is 0 Å². The van der Waals surface area contributed by atoms with E-state index in [9.17, 15) is 0 Å². The molecular formula is C48H37N3. The van der Waals surface area contributed by atoms with Gasteiger partial charge in [-0.25, -0.2) is 4.98 Å². The second-order valence-corrected chi connectivity index (χ2v) is 13.4. The molecule has 0 aliphatic carbocycles. The van der Waals surface area contributed by atoms with E-state index >= 15 is 0 Å². The minimum atomic E-state index is 0.859. The number of benzene rings is 6. The van der Waals surface area contributed by atoms with Crippen molar-refractivity contribution in [2.24, 2.45) is 0 Å². The Hall–Kier alpha value is -6.45. The lowest BCUT2D eigenvalue weighted by Gasteiger charge is -2.17. The zero-order valence-electron chi connectivity index (χ0n) is 29.1. The van der Waals surface area contributed by atoms with Crippen molar-refractivity contribution in [3.63, 3.8) is 0 Å². The van der Waals surface area contributed by atoms with Gasteiger partial charge in [0.25, 0.3) is 0 Å². The predicted molar refractivity (Wildman–Crippen MR) is 216 cm³/mol. The molecule has 3 heteroatoms. The van der Waals surface area contributed by atoms with E-state index in [0.29, 0.717) is 0 Å². The van der Waals surface area contributed by atoms with Gasteiger partial charge in [0, 0.05) is 33.0 Å². The van der Waals surface area contributed by atoms with E-state index in [-0.39, 0.29) is 0 Å². The summed E-state index contributed by atoms with van der Waals surface area (Å²) in [7, 11) is 0. The van der Waals surface area contributed by atoms with Crippen molar-refractivity contribution in [1.29, 1.82) is 0 Å². The third kappa shape index (κ3) is 4.85. The summed E-state index contributed by atoms with van der Waals surface area (Å²) in [5.41, 5.74) is 15.2. The smallest absolute Gasteiger partial charge is 0.140 e. The van der Waals surface area contributed by atoms with Crippen LogP contribution in [0.4, 0.5) is 0 Å². The Labute approximate surface area is 298 Å². The summed E-state index contributed by atoms with van der Waals surface area (Å²) in [6, 6.07) is 54.2. The van der Waals surface area contributed by atoms with Crippen LogP contribution in [0.2, 0.25) is 0 Å². The Morgan fingerprint density at radius 3 is 1.75 bits per heavy atom. The Morgan fingerprint density at radius 1 is 0.490 bits per heavy atom. The Morgan fingerprint density at radius 2 is 1.06 bits per heavy atom. The summed E-state index contributed by atoms with van der Waals surface area (Å²) in [5, 5.41) is 3.58. The zero-order chi connectivity index (χ0) is 34.6. The lowest BCUT2D eigenvalue weighted by Crippen LogP contribution is -2.06. The topological polar surface area (TPSA) is 22.8 Å². The Bertz CT molecular complexity index is 2800. The van der Waals surface area contributed by atoms with Gasteiger partial charge < -0.3 is 0 Å². The summed E-state index contributed by atoms with van der Waals surface area (Å²) in [5.74, 6) is 1.73. The van der Waals surface area contributed by atoms with Crippen LogP contribution in [0.25, 0.3) is 83.8 Å². The van der Waals surface area contributed by atoms with Gasteiger partial charge in [-0.1, -0.05) is 140 Å². The van der Waals surface area contributed by atoms with E-state index in [1.54, 1.807) is 0 Å². The molecule has 3 nitrogen and oxygen atoms in total. The number of pyridine rings is 1. The van der Waals surface area contributed by atoms with Gasteiger partial charge in [0.1, 0.15) is 11.6 Å². The molecule has 9 aromatic rings. The number of aromatic nitrogens is 3. The lowest BCUT2D eigenvalue weighted by atomic mass is 9.94. The number of fused-ring (bicyclic) bond motifs is 4. The average molecular weight is 656 g/mol. The zero-order valence-corrected chi connectivity index (χ0v) is 29.1. The van der Waals surface area contributed by atoms with Crippen LogP contribution in [0.3, 0.4) is 0 Å². The van der Waals surface area contributed by atoms with E-state index in [0.717, 1.165) is 56.1 Å². The fourth-order valence-electron chi connectivity index (χ4n) is 8.02. The summed E-state index contributed by atoms with van der Waals surface area (Å²) >= 11 is 0. The molecule has 9 rings (SSSR count). The fourth-order valence-corrected chi connectivity index (χ4v) is 8.02. The Kier molecular flexibility index (Phi) is 7.29. The van der Waals surface area contributed by atoms with E-state index < -0.39 is 0 Å². The standard InChI is InChI=1S/C48H37N3/c1-5-36-39(37-21-11-9-17-31(37)2)27-28-41-40-23-13-15-25-43(40)51(48(36)41)46-30-35(34-19-7-6-8-20-34)29-45(49-46)50-33(4)47(38-22-12-10-18-32(38)3)42-24-14-16-26-44(42)50/h5-30H,1H2,2-4H3. The molecule has 0 N–H and O–H groups in total. The summed E-state index contributed by atoms with van der Waals surface area (Å²) in [6.07, 6.45) is 2.01. The van der Waals surface area contributed by atoms with Crippen LogP contribution in [0.15, 0.2) is 158 Å². The lowest BCUT2D eigenvalue weighted by molar-refractivity contribution is 0.965. The minimum absolute atomic E-state index is 0.859. The molecule has 6 aromatic carbocycles. The molecule has 0 saturated carbocycles. The van der Waals surface area contributed by atoms with Crippen molar-refractivity contribution in [1.82, 2.24) is 14.1 Å². The molecule has 51 heavy (non-hydrogen) atoms. The number of para-hydroxylation sites is 2. The predicted octanol–water partition coefficient (Wildman–Crippen LogP) is 12.7. The van der Waals surface area contributed by atoms with Gasteiger partial charge in [-0.05, 0) is 84.0 Å². The van der Waals surface area contributed by atoms with E-state index in [1.807, 2.05) is 6.08 Å². The monoisotopic (exact) mass is 655 g/mol. The van der Waals surface area contributed by atoms with E-state index in [2.05, 4.69) is 188 Å². The number of aryl methyl sites for hydroxylation is 2. The molecule has 0 saturated heterocycles. The molecule has 3 heterocycles. The highest BCUT2D eigenvalue weighted by Gasteiger charge is 2.23. The molecule has 244 valence electrons. The van der Waals surface area contributed by atoms with Crippen LogP contribution in [0.5, 0.6) is 0 Å². The number of hydrogen-bond acceptors (Lipinski definition) is 1. The fraction of sp³-hybridized carbons (Fsp3) is 0.0625. The maximum Gasteiger partial charge on any atom is 0.140 e. The first kappa shape index (κ1) is 30.6. The van der Waals surface area contributed by atoms with Crippen LogP contribution < -0.4 is 0 Å². The maximum atomic E-state index is 5.60. The van der Waals surface area contributed by atoms with Crippen molar-refractivity contribution in [3.05, 3.63) is 181 Å². The van der Waals surface area contributed by atoms with Gasteiger partial charge in [0.2, 0.25) is 0 Å². The van der Waals surface area contributed by atoms with Gasteiger partial charge >= 0.3 is 0 Å². The van der Waals surface area contributed by atoms with Gasteiger partial charge in [0.15, 0.2) is 0 Å². The highest BCUT2D eigenvalue weighted by atomic mass is 15.1. The normalized spacial score (nSPS) is 11.5. The summed E-state index contributed by atoms with van der Waals surface area (Å²) in [4.78, 5) is 5.60. The van der Waals surface area contributed by atoms with Crippen molar-refractivity contribution in [3.8, 4) is 45.0 Å². The van der Waals surface area contributed by atoms with Gasteiger partial charge in [0.05, 0.1) is 16.6 Å². The largest absolute Gasteiger partial charge is 0.298 e. The molecule has 0 unspecified atom stereocenters. The van der Waals surface area contributed by atoms with Crippen LogP contribution in [-0.4, -0.2) is 14.1 Å². The second kappa shape index (κ2) is 12.2. The molecule has 0 aliphatic rings. The number of nitrogens with zero attached hydrogens (tertiary/aromatic N) is 3. The van der Waals surface area contributed by atoms with Crippen molar-refractivity contribution in [2.75, 3.05) is 0 Å². The third-order valence-electron chi connectivity index (χ3n) is 10.4. The minimum Gasteiger partial charge on any atom is -0.298 e. The van der Waals surface area contributed by atoms with Crippen LogP contribution in [-0.2, 0) is 0 Å². The van der Waals surface area contributed by atoms with Gasteiger partial charge in [-0.15, -0.1) is 0 Å². The average Bonchev–Trinajstić information content (AvgIpc) is 3.66. The van der Waals surface area contributed by atoms with E-state index in [4.69, 9.17) is 4.98 Å². The molecule has 3 aromatic heterocycles. The van der Waals surface area contributed by atoms with Crippen molar-refractivity contribution in [2.45, 2.75) is 20.8 Å². The number of hydrogen-bond donors (Lipinski definition) is 0. The molecule has 0 spiro atoms. The maximum absolute atomic E-state index is 5.60. The van der Waals surface area contributed by atoms with Crippen molar-refractivity contribution < 1.29 is 0 Å². The first-order valence-electron chi connectivity index (χ1n) is 17.5. The third-order valence-corrected chi connectivity index (χ3v) is 10.4. The van der Waals surface area contributed by atoms with Crippen LogP contribution in [0.1, 0.15) is 22.4 Å². The summed E-state index contributed by atoms with van der Waals surface area (Å²) < 4.78 is 4.69. The highest BCUT2D eigenvalue weighted by Crippen LogP contribution is 2.42. The van der Waals surface area contributed by atoms with Gasteiger partial charge in [-0.3, -0.25) is 9.13 Å². The second-order valence-electron chi connectivity index (χ2n) is 13.4. The molecule has 0 bridgehead atoms. The van der Waals surface area contributed by atoms with Gasteiger partial charge in [-0.2, -0.15) is 0 Å². The molecule has 0 fully saturated rings. The molecule has 0 atom stereocenters. The molecule has 0 radical (unpaired) electrons.